The van der Waals surface area contributed by atoms with Gasteiger partial charge in [0.05, 0.1) is 18.2 Å². The van der Waals surface area contributed by atoms with Crippen LogP contribution in [-0.2, 0) is 22.6 Å². The van der Waals surface area contributed by atoms with Crippen LogP contribution in [0.5, 0.6) is 0 Å². The second kappa shape index (κ2) is 12.4. The smallest absolute Gasteiger partial charge is 0.407 e. The lowest BCUT2D eigenvalue weighted by atomic mass is 9.98. The highest BCUT2D eigenvalue weighted by atomic mass is 16.5. The molecule has 1 aliphatic rings. The fourth-order valence-electron chi connectivity index (χ4n) is 5.13. The Balaban J connectivity index is 1.42. The molecule has 1 aliphatic heterocycles. The SMILES string of the molecule is CC(C)(C)N1CCC[C@H]1C(=O)NC[C@@H](O)[C@H](Cc1ccc2ccccc2c1)NC(=O)OCc1ccccc1. The van der Waals surface area contributed by atoms with Crippen molar-refractivity contribution in [2.45, 2.75) is 70.4 Å². The fraction of sp³-hybridized carbons (Fsp3) is 0.419. The van der Waals surface area contributed by atoms with Crippen LogP contribution in [0.2, 0.25) is 0 Å². The number of aliphatic hydroxyl groups is 1. The maximum absolute atomic E-state index is 13.0. The maximum Gasteiger partial charge on any atom is 0.407 e. The minimum absolute atomic E-state index is 0.0323. The number of rotatable bonds is 9. The number of likely N-dealkylation sites (tertiary alicyclic amines) is 1. The van der Waals surface area contributed by atoms with Crippen molar-refractivity contribution >= 4 is 22.8 Å². The molecule has 1 saturated heterocycles. The monoisotopic (exact) mass is 517 g/mol. The third-order valence-corrected chi connectivity index (χ3v) is 7.15. The molecule has 3 aromatic rings. The van der Waals surface area contributed by atoms with E-state index in [2.05, 4.69) is 42.4 Å². The van der Waals surface area contributed by atoms with Gasteiger partial charge in [0, 0.05) is 12.1 Å². The molecule has 0 aliphatic carbocycles. The Labute approximate surface area is 225 Å². The van der Waals surface area contributed by atoms with Crippen LogP contribution in [0.1, 0.15) is 44.7 Å². The summed E-state index contributed by atoms with van der Waals surface area (Å²) in [4.78, 5) is 27.9. The summed E-state index contributed by atoms with van der Waals surface area (Å²) in [7, 11) is 0. The van der Waals surface area contributed by atoms with E-state index >= 15 is 0 Å². The number of hydrogen-bond donors (Lipinski definition) is 3. The summed E-state index contributed by atoms with van der Waals surface area (Å²) in [6.07, 6.45) is 0.542. The van der Waals surface area contributed by atoms with Crippen molar-refractivity contribution in [1.82, 2.24) is 15.5 Å². The fourth-order valence-corrected chi connectivity index (χ4v) is 5.13. The number of nitrogens with zero attached hydrogens (tertiary/aromatic N) is 1. The number of ether oxygens (including phenoxy) is 1. The summed E-state index contributed by atoms with van der Waals surface area (Å²) in [5.74, 6) is -0.0902. The largest absolute Gasteiger partial charge is 0.445 e. The molecule has 0 aromatic heterocycles. The first kappa shape index (κ1) is 27.6. The van der Waals surface area contributed by atoms with Crippen LogP contribution in [0.4, 0.5) is 4.79 Å². The average molecular weight is 518 g/mol. The van der Waals surface area contributed by atoms with Gasteiger partial charge >= 0.3 is 6.09 Å². The molecule has 2 amide bonds. The van der Waals surface area contributed by atoms with Gasteiger partial charge < -0.3 is 20.5 Å². The Hall–Kier alpha value is -3.42. The average Bonchev–Trinajstić information content (AvgIpc) is 3.42. The summed E-state index contributed by atoms with van der Waals surface area (Å²) in [6, 6.07) is 22.7. The molecule has 3 N–H and O–H groups in total. The zero-order chi connectivity index (χ0) is 27.1. The molecule has 3 atom stereocenters. The van der Waals surface area contributed by atoms with Crippen molar-refractivity contribution in [3.63, 3.8) is 0 Å². The maximum atomic E-state index is 13.0. The topological polar surface area (TPSA) is 90.9 Å². The number of nitrogens with one attached hydrogen (secondary N) is 2. The molecule has 0 radical (unpaired) electrons. The molecular formula is C31H39N3O4. The molecule has 0 bridgehead atoms. The first-order valence-electron chi connectivity index (χ1n) is 13.4. The second-order valence-electron chi connectivity index (χ2n) is 11.0. The number of fused-ring (bicyclic) bond motifs is 1. The van der Waals surface area contributed by atoms with Crippen LogP contribution in [0.3, 0.4) is 0 Å². The lowest BCUT2D eigenvalue weighted by Gasteiger charge is -2.36. The van der Waals surface area contributed by atoms with E-state index in [1.54, 1.807) is 0 Å². The Kier molecular flexibility index (Phi) is 9.02. The Morgan fingerprint density at radius 3 is 2.45 bits per heavy atom. The standard InChI is InChI=1S/C31H39N3O4/c1-31(2,3)34-17-9-14-27(34)29(36)32-20-28(35)26(33-30(37)38-21-22-10-5-4-6-11-22)19-23-15-16-24-12-7-8-13-25(24)18-23/h4-8,10-13,15-16,18,26-28,35H,9,14,17,19-21H2,1-3H3,(H,32,36)(H,33,37)/t26-,27-,28+/m0/s1. The van der Waals surface area contributed by atoms with Crippen LogP contribution in [0.15, 0.2) is 72.8 Å². The first-order chi connectivity index (χ1) is 18.2. The van der Waals surface area contributed by atoms with E-state index < -0.39 is 18.2 Å². The van der Waals surface area contributed by atoms with Gasteiger partial charge in [0.1, 0.15) is 6.61 Å². The van der Waals surface area contributed by atoms with Crippen molar-refractivity contribution in [3.05, 3.63) is 83.9 Å². The van der Waals surface area contributed by atoms with Crippen LogP contribution < -0.4 is 10.6 Å². The van der Waals surface area contributed by atoms with Gasteiger partial charge in [-0.15, -0.1) is 0 Å². The summed E-state index contributed by atoms with van der Waals surface area (Å²) in [5.41, 5.74) is 1.73. The highest BCUT2D eigenvalue weighted by molar-refractivity contribution is 5.83. The lowest BCUT2D eigenvalue weighted by Crippen LogP contribution is -2.54. The first-order valence-corrected chi connectivity index (χ1v) is 13.4. The summed E-state index contributed by atoms with van der Waals surface area (Å²) in [5, 5.41) is 19.1. The van der Waals surface area contributed by atoms with Crippen molar-refractivity contribution in [1.29, 1.82) is 0 Å². The zero-order valence-corrected chi connectivity index (χ0v) is 22.5. The number of alkyl carbamates (subject to hydrolysis) is 1. The van der Waals surface area contributed by atoms with Gasteiger partial charge in [-0.25, -0.2) is 4.79 Å². The summed E-state index contributed by atoms with van der Waals surface area (Å²) < 4.78 is 5.42. The number of carbonyl (C=O) groups is 2. The minimum Gasteiger partial charge on any atom is -0.445 e. The number of amides is 2. The van der Waals surface area contributed by atoms with E-state index in [1.807, 2.05) is 66.7 Å². The number of hydrogen-bond acceptors (Lipinski definition) is 5. The molecule has 7 nitrogen and oxygen atoms in total. The van der Waals surface area contributed by atoms with Gasteiger partial charge in [-0.1, -0.05) is 72.8 Å². The molecular weight excluding hydrogens is 478 g/mol. The minimum atomic E-state index is -1.00. The molecule has 202 valence electrons. The predicted molar refractivity (Wildman–Crippen MR) is 150 cm³/mol. The zero-order valence-electron chi connectivity index (χ0n) is 22.5. The van der Waals surface area contributed by atoms with Crippen molar-refractivity contribution < 1.29 is 19.4 Å². The molecule has 38 heavy (non-hydrogen) atoms. The molecule has 0 saturated carbocycles. The van der Waals surface area contributed by atoms with E-state index in [-0.39, 0.29) is 30.6 Å². The highest BCUT2D eigenvalue weighted by Gasteiger charge is 2.37. The van der Waals surface area contributed by atoms with Gasteiger partial charge in [-0.05, 0) is 68.5 Å². The van der Waals surface area contributed by atoms with E-state index in [9.17, 15) is 14.7 Å². The Bertz CT molecular complexity index is 1220. The third-order valence-electron chi connectivity index (χ3n) is 7.15. The molecule has 4 rings (SSSR count). The second-order valence-corrected chi connectivity index (χ2v) is 11.0. The van der Waals surface area contributed by atoms with E-state index in [1.165, 1.54) is 0 Å². The molecule has 1 heterocycles. The van der Waals surface area contributed by atoms with E-state index in [0.717, 1.165) is 41.3 Å². The Morgan fingerprint density at radius 2 is 1.71 bits per heavy atom. The number of aliphatic hydroxyl groups excluding tert-OH is 1. The highest BCUT2D eigenvalue weighted by Crippen LogP contribution is 2.26. The van der Waals surface area contributed by atoms with Gasteiger partial charge in [0.2, 0.25) is 5.91 Å². The van der Waals surface area contributed by atoms with Gasteiger partial charge in [0.25, 0.3) is 0 Å². The van der Waals surface area contributed by atoms with Crippen molar-refractivity contribution in [2.75, 3.05) is 13.1 Å². The van der Waals surface area contributed by atoms with Gasteiger partial charge in [-0.2, -0.15) is 0 Å². The van der Waals surface area contributed by atoms with Crippen molar-refractivity contribution in [3.8, 4) is 0 Å². The summed E-state index contributed by atoms with van der Waals surface area (Å²) >= 11 is 0. The van der Waals surface area contributed by atoms with Crippen LogP contribution in [0, 0.1) is 0 Å². The van der Waals surface area contributed by atoms with Gasteiger partial charge in [0.15, 0.2) is 0 Å². The molecule has 1 fully saturated rings. The van der Waals surface area contributed by atoms with Crippen molar-refractivity contribution in [2.24, 2.45) is 0 Å². The van der Waals surface area contributed by atoms with Crippen LogP contribution >= 0.6 is 0 Å². The van der Waals surface area contributed by atoms with E-state index in [0.29, 0.717) is 6.42 Å². The Morgan fingerprint density at radius 1 is 1.00 bits per heavy atom. The normalized spacial score (nSPS) is 17.6. The third kappa shape index (κ3) is 7.33. The molecule has 0 spiro atoms. The van der Waals surface area contributed by atoms with Crippen LogP contribution in [0.25, 0.3) is 10.8 Å². The number of carbonyl (C=O) groups excluding carboxylic acids is 2. The van der Waals surface area contributed by atoms with Crippen LogP contribution in [-0.4, -0.2) is 58.8 Å². The lowest BCUT2D eigenvalue weighted by molar-refractivity contribution is -0.127. The van der Waals surface area contributed by atoms with E-state index in [4.69, 9.17) is 4.74 Å². The quantitative estimate of drug-likeness (QED) is 0.391. The predicted octanol–water partition coefficient (Wildman–Crippen LogP) is 4.42. The molecule has 7 heteroatoms. The summed E-state index contributed by atoms with van der Waals surface area (Å²) in [6.45, 7) is 7.37. The molecule has 3 aromatic carbocycles. The molecule has 0 unspecified atom stereocenters. The number of benzene rings is 3. The van der Waals surface area contributed by atoms with Gasteiger partial charge in [-0.3, -0.25) is 9.69 Å².